The fourth-order valence-corrected chi connectivity index (χ4v) is 3.33. The molecule has 2 aromatic carbocycles. The molecule has 1 aliphatic heterocycles. The molecule has 2 aromatic rings. The molecule has 1 heterocycles. The van der Waals surface area contributed by atoms with Gasteiger partial charge in [-0.3, -0.25) is 14.4 Å². The van der Waals surface area contributed by atoms with Gasteiger partial charge in [0.1, 0.15) is 17.2 Å². The number of nitrogens with one attached hydrogen (secondary N) is 2. The van der Waals surface area contributed by atoms with Crippen LogP contribution in [0, 0.1) is 0 Å². The van der Waals surface area contributed by atoms with Crippen molar-refractivity contribution < 1.29 is 64.7 Å². The molecule has 0 fully saturated rings. The first-order valence-corrected chi connectivity index (χ1v) is 10.4. The van der Waals surface area contributed by atoms with E-state index in [1.807, 2.05) is 0 Å². The topological polar surface area (TPSA) is 134 Å². The first kappa shape index (κ1) is 27.9. The van der Waals surface area contributed by atoms with Crippen LogP contribution >= 0.6 is 0 Å². The molecule has 3 rings (SSSR count). The number of aliphatic carboxylic acids is 1. The fourth-order valence-electron chi connectivity index (χ4n) is 3.33. The number of urea groups is 1. The molecule has 0 radical (unpaired) electrons. The Kier molecular flexibility index (Phi) is 9.88. The molecule has 0 aliphatic carbocycles. The van der Waals surface area contributed by atoms with Crippen molar-refractivity contribution in [2.75, 3.05) is 14.2 Å². The Hall–Kier alpha value is -3.34. The fraction of sp³-hybridized carbons (Fsp3) is 0.250. The SMILES string of the molecule is COc1cccc(Oc2ccc([C@H](CC(=O)O)NC(=O)NC3C(=O)C=C(C)N(C)C3=O)cc2)c1.[H-].[Na+]. The molecule has 0 bridgehead atoms. The second-order valence-electron chi connectivity index (χ2n) is 7.64. The minimum absolute atomic E-state index is 0. The first-order chi connectivity index (χ1) is 16.2. The van der Waals surface area contributed by atoms with Crippen LogP contribution in [-0.2, 0) is 14.4 Å². The largest absolute Gasteiger partial charge is 1.00 e. The summed E-state index contributed by atoms with van der Waals surface area (Å²) in [6.07, 6.45) is 0.858. The van der Waals surface area contributed by atoms with Crippen LogP contribution in [0.15, 0.2) is 60.3 Å². The maximum atomic E-state index is 12.5. The Morgan fingerprint density at radius 3 is 2.40 bits per heavy atom. The third-order valence-electron chi connectivity index (χ3n) is 5.26. The molecule has 2 atom stereocenters. The number of ether oxygens (including phenoxy) is 2. The van der Waals surface area contributed by atoms with Crippen LogP contribution in [-0.4, -0.2) is 53.9 Å². The van der Waals surface area contributed by atoms with Gasteiger partial charge in [0.25, 0.3) is 5.91 Å². The summed E-state index contributed by atoms with van der Waals surface area (Å²) in [5, 5.41) is 14.2. The van der Waals surface area contributed by atoms with E-state index in [4.69, 9.17) is 9.47 Å². The van der Waals surface area contributed by atoms with Crippen molar-refractivity contribution in [3.8, 4) is 17.2 Å². The number of hydrogen-bond donors (Lipinski definition) is 3. The Balaban J connectivity index is 0.00000324. The van der Waals surface area contributed by atoms with Crippen LogP contribution in [0.3, 0.4) is 0 Å². The molecule has 11 heteroatoms. The molecular weight excluding hydrogens is 465 g/mol. The quantitative estimate of drug-likeness (QED) is 0.342. The Labute approximate surface area is 226 Å². The normalized spacial score (nSPS) is 15.9. The number of carbonyl (C=O) groups excluding carboxylic acids is 3. The molecule has 0 saturated heterocycles. The zero-order chi connectivity index (χ0) is 24.8. The van der Waals surface area contributed by atoms with Gasteiger partial charge >= 0.3 is 41.6 Å². The van der Waals surface area contributed by atoms with E-state index in [0.29, 0.717) is 28.5 Å². The summed E-state index contributed by atoms with van der Waals surface area (Å²) >= 11 is 0. The Morgan fingerprint density at radius 2 is 1.77 bits per heavy atom. The van der Waals surface area contributed by atoms with Gasteiger partial charge in [-0.1, -0.05) is 18.2 Å². The zero-order valence-corrected chi connectivity index (χ0v) is 21.9. The van der Waals surface area contributed by atoms with Gasteiger partial charge in [0.2, 0.25) is 0 Å². The van der Waals surface area contributed by atoms with Crippen molar-refractivity contribution in [1.29, 1.82) is 0 Å². The van der Waals surface area contributed by atoms with Gasteiger partial charge < -0.3 is 31.5 Å². The van der Waals surface area contributed by atoms with Gasteiger partial charge in [-0.2, -0.15) is 0 Å². The van der Waals surface area contributed by atoms with Crippen LogP contribution in [0.25, 0.3) is 0 Å². The maximum absolute atomic E-state index is 12.5. The third-order valence-corrected chi connectivity index (χ3v) is 5.26. The van der Waals surface area contributed by atoms with Crippen molar-refractivity contribution in [3.63, 3.8) is 0 Å². The number of likely N-dealkylation sites (N-methyl/N-ethyl adjacent to an activating group) is 1. The number of carboxylic acids is 1. The number of nitrogens with zero attached hydrogens (tertiary/aromatic N) is 1. The number of carboxylic acid groups (broad SMARTS) is 1. The van der Waals surface area contributed by atoms with E-state index < -0.39 is 42.2 Å². The van der Waals surface area contributed by atoms with E-state index >= 15 is 0 Å². The monoisotopic (exact) mass is 491 g/mol. The molecular formula is C24H26N3NaO7. The van der Waals surface area contributed by atoms with Gasteiger partial charge in [0.05, 0.1) is 19.6 Å². The average Bonchev–Trinajstić information content (AvgIpc) is 2.80. The Morgan fingerprint density at radius 1 is 1.11 bits per heavy atom. The van der Waals surface area contributed by atoms with Gasteiger partial charge in [0.15, 0.2) is 11.8 Å². The molecule has 3 N–H and O–H groups in total. The van der Waals surface area contributed by atoms with E-state index in [9.17, 15) is 24.3 Å². The zero-order valence-electron chi connectivity index (χ0n) is 20.9. The van der Waals surface area contributed by atoms with Crippen LogP contribution in [0.2, 0.25) is 0 Å². The number of amides is 3. The summed E-state index contributed by atoms with van der Waals surface area (Å²) in [4.78, 5) is 49.7. The van der Waals surface area contributed by atoms with Crippen molar-refractivity contribution in [3.05, 3.63) is 65.9 Å². The van der Waals surface area contributed by atoms with E-state index in [0.717, 1.165) is 0 Å². The predicted molar refractivity (Wildman–Crippen MR) is 123 cm³/mol. The van der Waals surface area contributed by atoms with Crippen molar-refractivity contribution in [1.82, 2.24) is 15.5 Å². The number of hydrogen-bond acceptors (Lipinski definition) is 6. The van der Waals surface area contributed by atoms with Gasteiger partial charge in [-0.15, -0.1) is 0 Å². The number of ketones is 1. The predicted octanol–water partition coefficient (Wildman–Crippen LogP) is -0.267. The number of rotatable bonds is 8. The first-order valence-electron chi connectivity index (χ1n) is 10.4. The standard InChI is InChI=1S/C24H25N3O7.Na.H/c1-14-11-20(28)22(23(31)27(14)2)26-24(32)25-19(13-21(29)30)15-7-9-16(10-8-15)34-18-6-4-5-17(12-18)33-3;;/h4-12,19,22H,13H2,1-3H3,(H,29,30)(H2,25,26,32);;/q;+1;-1/t19-,22?;;/m0../s1. The summed E-state index contributed by atoms with van der Waals surface area (Å²) < 4.78 is 10.9. The van der Waals surface area contributed by atoms with Crippen molar-refractivity contribution in [2.24, 2.45) is 0 Å². The minimum atomic E-state index is -1.38. The average molecular weight is 491 g/mol. The second kappa shape index (κ2) is 12.4. The number of benzene rings is 2. The van der Waals surface area contributed by atoms with Crippen LogP contribution in [0.5, 0.6) is 17.2 Å². The minimum Gasteiger partial charge on any atom is -1.00 e. The van der Waals surface area contributed by atoms with Crippen LogP contribution in [0.4, 0.5) is 4.79 Å². The molecule has 1 aliphatic rings. The summed E-state index contributed by atoms with van der Waals surface area (Å²) in [6, 6.07) is 10.4. The molecule has 0 spiro atoms. The maximum Gasteiger partial charge on any atom is 1.00 e. The van der Waals surface area contributed by atoms with E-state index in [1.165, 1.54) is 18.0 Å². The summed E-state index contributed by atoms with van der Waals surface area (Å²) in [7, 11) is 3.05. The number of carbonyl (C=O) groups is 4. The molecule has 0 saturated carbocycles. The van der Waals surface area contributed by atoms with Crippen LogP contribution < -0.4 is 49.7 Å². The number of methoxy groups -OCH3 is 1. The van der Waals surface area contributed by atoms with E-state index in [-0.39, 0.29) is 31.0 Å². The molecule has 35 heavy (non-hydrogen) atoms. The van der Waals surface area contributed by atoms with Crippen molar-refractivity contribution in [2.45, 2.75) is 25.4 Å². The van der Waals surface area contributed by atoms with Gasteiger partial charge in [0, 0.05) is 24.9 Å². The molecule has 1 unspecified atom stereocenters. The molecule has 180 valence electrons. The molecule has 0 aromatic heterocycles. The van der Waals surface area contributed by atoms with E-state index in [1.54, 1.807) is 62.6 Å². The third kappa shape index (κ3) is 7.32. The number of allylic oxidation sites excluding steroid dienone is 1. The van der Waals surface area contributed by atoms with E-state index in [2.05, 4.69) is 10.6 Å². The molecule has 10 nitrogen and oxygen atoms in total. The smallest absolute Gasteiger partial charge is 1.00 e. The molecule has 3 amide bonds. The Bertz CT molecular complexity index is 1140. The second-order valence-corrected chi connectivity index (χ2v) is 7.64. The summed E-state index contributed by atoms with van der Waals surface area (Å²) in [6.45, 7) is 1.61. The summed E-state index contributed by atoms with van der Waals surface area (Å²) in [5.74, 6) is -0.566. The van der Waals surface area contributed by atoms with Crippen molar-refractivity contribution >= 4 is 23.7 Å². The van der Waals surface area contributed by atoms with Gasteiger partial charge in [-0.25, -0.2) is 4.79 Å². The summed E-state index contributed by atoms with van der Waals surface area (Å²) in [5.41, 5.74) is 0.971. The van der Waals surface area contributed by atoms with Gasteiger partial charge in [-0.05, 0) is 36.8 Å². The van der Waals surface area contributed by atoms with Crippen LogP contribution in [0.1, 0.15) is 26.4 Å².